The molecular weight excluding hydrogens is 206 g/mol. The van der Waals surface area contributed by atoms with E-state index in [2.05, 4.69) is 15.8 Å². The zero-order chi connectivity index (χ0) is 12.0. The Morgan fingerprint density at radius 2 is 2.31 bits per heavy atom. The number of aromatic nitrogens is 1. The van der Waals surface area contributed by atoms with Crippen LogP contribution in [0.1, 0.15) is 31.7 Å². The standard InChI is InChI=1S/C11H19N3O2/c1-8(2)13-11(15)4-5-12-7-10-6-9(3)16-14-10/h6,8,12H,4-5,7H2,1-3H3,(H,13,15). The van der Waals surface area contributed by atoms with Crippen LogP contribution in [-0.4, -0.2) is 23.7 Å². The molecule has 0 unspecified atom stereocenters. The van der Waals surface area contributed by atoms with Crippen LogP contribution in [0.2, 0.25) is 0 Å². The summed E-state index contributed by atoms with van der Waals surface area (Å²) in [5.74, 6) is 0.869. The quantitative estimate of drug-likeness (QED) is 0.708. The van der Waals surface area contributed by atoms with E-state index in [0.717, 1.165) is 11.5 Å². The monoisotopic (exact) mass is 225 g/mol. The van der Waals surface area contributed by atoms with Crippen LogP contribution < -0.4 is 10.6 Å². The lowest BCUT2D eigenvalue weighted by molar-refractivity contribution is -0.121. The maximum absolute atomic E-state index is 11.3. The number of hydrogen-bond acceptors (Lipinski definition) is 4. The molecule has 0 bridgehead atoms. The van der Waals surface area contributed by atoms with Gasteiger partial charge in [0.25, 0.3) is 0 Å². The lowest BCUT2D eigenvalue weighted by Gasteiger charge is -2.08. The molecule has 5 heteroatoms. The van der Waals surface area contributed by atoms with E-state index in [1.807, 2.05) is 26.8 Å². The minimum Gasteiger partial charge on any atom is -0.361 e. The third kappa shape index (κ3) is 4.93. The lowest BCUT2D eigenvalue weighted by Crippen LogP contribution is -2.32. The van der Waals surface area contributed by atoms with Crippen LogP contribution in [0.5, 0.6) is 0 Å². The molecule has 1 aromatic rings. The Morgan fingerprint density at radius 1 is 1.56 bits per heavy atom. The Morgan fingerprint density at radius 3 is 2.88 bits per heavy atom. The average molecular weight is 225 g/mol. The zero-order valence-electron chi connectivity index (χ0n) is 10.0. The van der Waals surface area contributed by atoms with Crippen LogP contribution >= 0.6 is 0 Å². The molecule has 0 saturated carbocycles. The molecule has 1 heterocycles. The first-order valence-electron chi connectivity index (χ1n) is 5.50. The van der Waals surface area contributed by atoms with E-state index in [9.17, 15) is 4.79 Å². The second-order valence-corrected chi connectivity index (χ2v) is 4.08. The predicted octanol–water partition coefficient (Wildman–Crippen LogP) is 0.987. The highest BCUT2D eigenvalue weighted by Gasteiger charge is 2.03. The SMILES string of the molecule is Cc1cc(CNCCC(=O)NC(C)C)no1. The van der Waals surface area contributed by atoms with Gasteiger partial charge in [0.2, 0.25) is 5.91 Å². The van der Waals surface area contributed by atoms with Gasteiger partial charge in [-0.1, -0.05) is 5.16 Å². The summed E-state index contributed by atoms with van der Waals surface area (Å²) < 4.78 is 4.93. The topological polar surface area (TPSA) is 67.2 Å². The van der Waals surface area contributed by atoms with Gasteiger partial charge in [-0.05, 0) is 20.8 Å². The van der Waals surface area contributed by atoms with Gasteiger partial charge in [0, 0.05) is 31.6 Å². The first kappa shape index (κ1) is 12.7. The minimum absolute atomic E-state index is 0.0684. The number of nitrogens with one attached hydrogen (secondary N) is 2. The first-order chi connectivity index (χ1) is 7.58. The van der Waals surface area contributed by atoms with Gasteiger partial charge in [0.05, 0.1) is 5.69 Å². The average Bonchev–Trinajstić information content (AvgIpc) is 2.58. The van der Waals surface area contributed by atoms with Gasteiger partial charge in [-0.15, -0.1) is 0 Å². The molecule has 5 nitrogen and oxygen atoms in total. The molecule has 0 aliphatic carbocycles. The Balaban J connectivity index is 2.10. The maximum Gasteiger partial charge on any atom is 0.221 e. The Hall–Kier alpha value is -1.36. The molecule has 1 rings (SSSR count). The smallest absolute Gasteiger partial charge is 0.221 e. The maximum atomic E-state index is 11.3. The highest BCUT2D eigenvalue weighted by Crippen LogP contribution is 2.00. The summed E-state index contributed by atoms with van der Waals surface area (Å²) in [6, 6.07) is 2.08. The second-order valence-electron chi connectivity index (χ2n) is 4.08. The molecule has 16 heavy (non-hydrogen) atoms. The molecule has 0 spiro atoms. The van der Waals surface area contributed by atoms with Crippen molar-refractivity contribution >= 4 is 5.91 Å². The number of carbonyl (C=O) groups excluding carboxylic acids is 1. The van der Waals surface area contributed by atoms with Crippen molar-refractivity contribution in [3.63, 3.8) is 0 Å². The van der Waals surface area contributed by atoms with Crippen LogP contribution in [-0.2, 0) is 11.3 Å². The second kappa shape index (κ2) is 6.27. The lowest BCUT2D eigenvalue weighted by atomic mass is 10.3. The van der Waals surface area contributed by atoms with Gasteiger partial charge in [-0.2, -0.15) is 0 Å². The number of aryl methyl sites for hydroxylation is 1. The van der Waals surface area contributed by atoms with Crippen molar-refractivity contribution in [1.82, 2.24) is 15.8 Å². The van der Waals surface area contributed by atoms with Gasteiger partial charge in [-0.3, -0.25) is 4.79 Å². The number of hydrogen-bond donors (Lipinski definition) is 2. The molecule has 0 aromatic carbocycles. The molecule has 0 radical (unpaired) electrons. The fourth-order valence-electron chi connectivity index (χ4n) is 1.31. The van der Waals surface area contributed by atoms with Crippen LogP contribution in [0.3, 0.4) is 0 Å². The molecule has 0 aliphatic heterocycles. The first-order valence-corrected chi connectivity index (χ1v) is 5.50. The van der Waals surface area contributed by atoms with Gasteiger partial charge < -0.3 is 15.2 Å². The highest BCUT2D eigenvalue weighted by molar-refractivity contribution is 5.76. The summed E-state index contributed by atoms with van der Waals surface area (Å²) in [6.07, 6.45) is 0.481. The van der Waals surface area contributed by atoms with Crippen molar-refractivity contribution in [3.8, 4) is 0 Å². The Bertz CT molecular complexity index is 334. The summed E-state index contributed by atoms with van der Waals surface area (Å²) in [6.45, 7) is 7.02. The van der Waals surface area contributed by atoms with E-state index in [4.69, 9.17) is 4.52 Å². The molecular formula is C11H19N3O2. The van der Waals surface area contributed by atoms with Gasteiger partial charge >= 0.3 is 0 Å². The molecule has 0 saturated heterocycles. The van der Waals surface area contributed by atoms with Crippen LogP contribution in [0.4, 0.5) is 0 Å². The van der Waals surface area contributed by atoms with Gasteiger partial charge in [-0.25, -0.2) is 0 Å². The summed E-state index contributed by atoms with van der Waals surface area (Å²) in [4.78, 5) is 11.3. The number of nitrogens with zero attached hydrogens (tertiary/aromatic N) is 1. The van der Waals surface area contributed by atoms with Crippen LogP contribution in [0.25, 0.3) is 0 Å². The van der Waals surface area contributed by atoms with E-state index in [1.54, 1.807) is 0 Å². The van der Waals surface area contributed by atoms with Crippen molar-refractivity contribution in [1.29, 1.82) is 0 Å². The van der Waals surface area contributed by atoms with Crippen molar-refractivity contribution < 1.29 is 9.32 Å². The fraction of sp³-hybridized carbons (Fsp3) is 0.636. The third-order valence-corrected chi connectivity index (χ3v) is 1.96. The zero-order valence-corrected chi connectivity index (χ0v) is 10.0. The summed E-state index contributed by atoms with van der Waals surface area (Å²) in [5.41, 5.74) is 0.863. The molecule has 1 amide bonds. The summed E-state index contributed by atoms with van der Waals surface area (Å²) in [5, 5.41) is 9.81. The van der Waals surface area contributed by atoms with Gasteiger partial charge in [0.15, 0.2) is 0 Å². The van der Waals surface area contributed by atoms with Crippen molar-refractivity contribution in [3.05, 3.63) is 17.5 Å². The van der Waals surface area contributed by atoms with E-state index >= 15 is 0 Å². The van der Waals surface area contributed by atoms with Crippen molar-refractivity contribution in [2.75, 3.05) is 6.54 Å². The van der Waals surface area contributed by atoms with Gasteiger partial charge in [0.1, 0.15) is 5.76 Å². The Kier molecular flexibility index (Phi) is 4.98. The number of amides is 1. The summed E-state index contributed by atoms with van der Waals surface area (Å²) in [7, 11) is 0. The molecule has 90 valence electrons. The predicted molar refractivity (Wildman–Crippen MR) is 60.8 cm³/mol. The van der Waals surface area contributed by atoms with E-state index in [1.165, 1.54) is 0 Å². The molecule has 0 atom stereocenters. The van der Waals surface area contributed by atoms with Crippen molar-refractivity contribution in [2.45, 2.75) is 39.8 Å². The van der Waals surface area contributed by atoms with Crippen LogP contribution in [0.15, 0.2) is 10.6 Å². The van der Waals surface area contributed by atoms with E-state index < -0.39 is 0 Å². The highest BCUT2D eigenvalue weighted by atomic mass is 16.5. The normalized spacial score (nSPS) is 10.8. The summed E-state index contributed by atoms with van der Waals surface area (Å²) >= 11 is 0. The van der Waals surface area contributed by atoms with E-state index in [0.29, 0.717) is 19.5 Å². The minimum atomic E-state index is 0.0684. The van der Waals surface area contributed by atoms with E-state index in [-0.39, 0.29) is 11.9 Å². The molecule has 1 aromatic heterocycles. The largest absolute Gasteiger partial charge is 0.361 e. The number of carbonyl (C=O) groups is 1. The van der Waals surface area contributed by atoms with Crippen molar-refractivity contribution in [2.24, 2.45) is 0 Å². The molecule has 2 N–H and O–H groups in total. The van der Waals surface area contributed by atoms with Crippen LogP contribution in [0, 0.1) is 6.92 Å². The molecule has 0 fully saturated rings. The fourth-order valence-corrected chi connectivity index (χ4v) is 1.31. The third-order valence-electron chi connectivity index (χ3n) is 1.96. The molecule has 0 aliphatic rings. The Labute approximate surface area is 95.6 Å². The number of rotatable bonds is 6.